The van der Waals surface area contributed by atoms with Crippen molar-refractivity contribution in [3.05, 3.63) is 24.3 Å². The van der Waals surface area contributed by atoms with E-state index in [0.717, 1.165) is 17.0 Å². The molecule has 12 heavy (non-hydrogen) atoms. The number of nitrogens with one attached hydrogen (secondary N) is 1. The van der Waals surface area contributed by atoms with E-state index in [1.54, 1.807) is 0 Å². The number of para-hydroxylation sites is 1. The summed E-state index contributed by atoms with van der Waals surface area (Å²) in [5, 5.41) is 0. The van der Waals surface area contributed by atoms with Gasteiger partial charge < -0.3 is 9.88 Å². The number of hydrogen-bond donors (Lipinski definition) is 1. The number of anilines is 1. The Kier molecular flexibility index (Phi) is 1.50. The number of aromatic nitrogens is 2. The molecule has 0 spiro atoms. The van der Waals surface area contributed by atoms with Crippen molar-refractivity contribution in [2.75, 3.05) is 19.0 Å². The molecule has 1 aromatic carbocycles. The maximum Gasteiger partial charge on any atom is 0.203 e. The van der Waals surface area contributed by atoms with Gasteiger partial charge in [0, 0.05) is 20.2 Å². The first kappa shape index (κ1) is 7.16. The van der Waals surface area contributed by atoms with E-state index < -0.39 is 0 Å². The Morgan fingerprint density at radius 3 is 3.00 bits per heavy atom. The molecule has 0 fully saturated rings. The maximum atomic E-state index is 4.33. The highest BCUT2D eigenvalue weighted by Gasteiger charge is 2.01. The molecular formula is C9H10N3. The average molecular weight is 160 g/mol. The Bertz CT molecular complexity index is 356. The predicted octanol–water partition coefficient (Wildman–Crippen LogP) is 1.43. The van der Waals surface area contributed by atoms with E-state index in [4.69, 9.17) is 0 Å². The van der Waals surface area contributed by atoms with Crippen molar-refractivity contribution in [1.82, 2.24) is 9.97 Å². The zero-order valence-electron chi connectivity index (χ0n) is 7.13. The first-order valence-corrected chi connectivity index (χ1v) is 3.81. The number of aromatic amines is 1. The van der Waals surface area contributed by atoms with Crippen LogP contribution in [0, 0.1) is 6.07 Å². The standard InChI is InChI=1S/C9H10N3/c1-12(2)9-10-7-5-3-4-6-8(7)11-9/h3-5H,1-2H3,(H,10,11). The number of benzene rings is 1. The molecule has 2 rings (SSSR count). The number of rotatable bonds is 1. The van der Waals surface area contributed by atoms with Gasteiger partial charge in [0.15, 0.2) is 0 Å². The van der Waals surface area contributed by atoms with Gasteiger partial charge in [0.25, 0.3) is 0 Å². The van der Waals surface area contributed by atoms with Crippen LogP contribution < -0.4 is 4.90 Å². The van der Waals surface area contributed by atoms with Gasteiger partial charge in [0.1, 0.15) is 0 Å². The molecule has 1 aromatic heterocycles. The van der Waals surface area contributed by atoms with Gasteiger partial charge in [0.2, 0.25) is 5.95 Å². The highest BCUT2D eigenvalue weighted by Crippen LogP contribution is 2.13. The van der Waals surface area contributed by atoms with Crippen LogP contribution in [0.25, 0.3) is 11.0 Å². The van der Waals surface area contributed by atoms with Gasteiger partial charge in [-0.2, -0.15) is 0 Å². The van der Waals surface area contributed by atoms with Crippen LogP contribution in [0.3, 0.4) is 0 Å². The molecule has 3 heteroatoms. The van der Waals surface area contributed by atoms with Crippen molar-refractivity contribution in [3.63, 3.8) is 0 Å². The van der Waals surface area contributed by atoms with Crippen LogP contribution >= 0.6 is 0 Å². The summed E-state index contributed by atoms with van der Waals surface area (Å²) < 4.78 is 0. The summed E-state index contributed by atoms with van der Waals surface area (Å²) in [5.74, 6) is 0.868. The van der Waals surface area contributed by atoms with Gasteiger partial charge in [-0.1, -0.05) is 12.1 Å². The summed E-state index contributed by atoms with van der Waals surface area (Å²) in [6.07, 6.45) is 0. The Labute approximate surface area is 71.0 Å². The lowest BCUT2D eigenvalue weighted by molar-refractivity contribution is 1.05. The predicted molar refractivity (Wildman–Crippen MR) is 49.3 cm³/mol. The van der Waals surface area contributed by atoms with Crippen LogP contribution in [-0.4, -0.2) is 24.1 Å². The minimum atomic E-state index is 0.868. The largest absolute Gasteiger partial charge is 0.349 e. The zero-order valence-corrected chi connectivity index (χ0v) is 7.13. The lowest BCUT2D eigenvalue weighted by Crippen LogP contribution is -2.09. The summed E-state index contributed by atoms with van der Waals surface area (Å²) in [7, 11) is 3.91. The van der Waals surface area contributed by atoms with Crippen molar-refractivity contribution < 1.29 is 0 Å². The molecule has 2 aromatic rings. The monoisotopic (exact) mass is 160 g/mol. The third kappa shape index (κ3) is 1.03. The van der Waals surface area contributed by atoms with Crippen LogP contribution in [0.4, 0.5) is 5.95 Å². The quantitative estimate of drug-likeness (QED) is 0.684. The van der Waals surface area contributed by atoms with E-state index in [1.165, 1.54) is 0 Å². The number of fused-ring (bicyclic) bond motifs is 1. The van der Waals surface area contributed by atoms with E-state index in [0.29, 0.717) is 0 Å². The van der Waals surface area contributed by atoms with E-state index >= 15 is 0 Å². The normalized spacial score (nSPS) is 10.5. The molecule has 0 aliphatic heterocycles. The molecule has 1 heterocycles. The second kappa shape index (κ2) is 2.52. The summed E-state index contributed by atoms with van der Waals surface area (Å²) in [4.78, 5) is 9.44. The topological polar surface area (TPSA) is 31.9 Å². The summed E-state index contributed by atoms with van der Waals surface area (Å²) in [5.41, 5.74) is 1.92. The number of imidazole rings is 1. The van der Waals surface area contributed by atoms with E-state index in [-0.39, 0.29) is 0 Å². The van der Waals surface area contributed by atoms with Crippen molar-refractivity contribution in [2.45, 2.75) is 0 Å². The van der Waals surface area contributed by atoms with Crippen LogP contribution in [0.1, 0.15) is 0 Å². The SMILES string of the molecule is CN(C)c1nc2[c]cccc2[nH]1. The molecule has 0 saturated carbocycles. The molecule has 1 N–H and O–H groups in total. The Morgan fingerprint density at radius 1 is 1.50 bits per heavy atom. The first-order valence-electron chi connectivity index (χ1n) is 3.81. The second-order valence-corrected chi connectivity index (χ2v) is 2.89. The van der Waals surface area contributed by atoms with Crippen LogP contribution in [0.5, 0.6) is 0 Å². The summed E-state index contributed by atoms with van der Waals surface area (Å²) in [6.45, 7) is 0. The second-order valence-electron chi connectivity index (χ2n) is 2.89. The molecule has 0 saturated heterocycles. The van der Waals surface area contributed by atoms with Gasteiger partial charge in [-0.05, 0) is 6.07 Å². The molecule has 0 bridgehead atoms. The lowest BCUT2D eigenvalue weighted by atomic mass is 10.3. The summed E-state index contributed by atoms with van der Waals surface area (Å²) >= 11 is 0. The van der Waals surface area contributed by atoms with Gasteiger partial charge in [-0.3, -0.25) is 0 Å². The average Bonchev–Trinajstić information content (AvgIpc) is 2.46. The highest BCUT2D eigenvalue weighted by molar-refractivity contribution is 5.76. The molecular weight excluding hydrogens is 150 g/mol. The van der Waals surface area contributed by atoms with E-state index in [2.05, 4.69) is 16.0 Å². The van der Waals surface area contributed by atoms with Crippen LogP contribution in [0.2, 0.25) is 0 Å². The van der Waals surface area contributed by atoms with Crippen LogP contribution in [0.15, 0.2) is 18.2 Å². The van der Waals surface area contributed by atoms with Crippen LogP contribution in [-0.2, 0) is 0 Å². The molecule has 0 amide bonds. The van der Waals surface area contributed by atoms with Gasteiger partial charge in [0.05, 0.1) is 11.0 Å². The third-order valence-corrected chi connectivity index (χ3v) is 1.72. The molecule has 0 aliphatic rings. The first-order chi connectivity index (χ1) is 5.77. The molecule has 61 valence electrons. The smallest absolute Gasteiger partial charge is 0.203 e. The molecule has 0 atom stereocenters. The lowest BCUT2D eigenvalue weighted by Gasteiger charge is -2.05. The van der Waals surface area contributed by atoms with Gasteiger partial charge in [-0.15, -0.1) is 0 Å². The molecule has 0 unspecified atom stereocenters. The van der Waals surface area contributed by atoms with Gasteiger partial charge >= 0.3 is 0 Å². The minimum absolute atomic E-state index is 0.868. The fraction of sp³-hybridized carbons (Fsp3) is 0.222. The number of H-pyrrole nitrogens is 1. The summed E-state index contributed by atoms with van der Waals surface area (Å²) in [6, 6.07) is 8.86. The van der Waals surface area contributed by atoms with Crippen molar-refractivity contribution in [2.24, 2.45) is 0 Å². The van der Waals surface area contributed by atoms with Crippen molar-refractivity contribution in [1.29, 1.82) is 0 Å². The van der Waals surface area contributed by atoms with Crippen molar-refractivity contribution in [3.8, 4) is 0 Å². The molecule has 1 radical (unpaired) electrons. The molecule has 0 aliphatic carbocycles. The Morgan fingerprint density at radius 2 is 2.33 bits per heavy atom. The number of hydrogen-bond acceptors (Lipinski definition) is 2. The zero-order chi connectivity index (χ0) is 8.55. The number of nitrogens with zero attached hydrogens (tertiary/aromatic N) is 2. The van der Waals surface area contributed by atoms with E-state index in [1.807, 2.05) is 37.2 Å². The fourth-order valence-electron chi connectivity index (χ4n) is 1.09. The highest BCUT2D eigenvalue weighted by atomic mass is 15.2. The van der Waals surface area contributed by atoms with E-state index in [9.17, 15) is 0 Å². The maximum absolute atomic E-state index is 4.33. The molecule has 3 nitrogen and oxygen atoms in total. The Balaban J connectivity index is 2.62. The minimum Gasteiger partial charge on any atom is -0.349 e. The van der Waals surface area contributed by atoms with Crippen molar-refractivity contribution >= 4 is 17.0 Å². The van der Waals surface area contributed by atoms with Gasteiger partial charge in [-0.25, -0.2) is 4.98 Å². The Hall–Kier alpha value is -1.51. The fourth-order valence-corrected chi connectivity index (χ4v) is 1.09. The third-order valence-electron chi connectivity index (χ3n) is 1.72.